The summed E-state index contributed by atoms with van der Waals surface area (Å²) in [7, 11) is 0. The number of benzene rings is 1. The van der Waals surface area contributed by atoms with Gasteiger partial charge in [-0.15, -0.1) is 11.3 Å². The number of carbonyl (C=O) groups excluding carboxylic acids is 1. The summed E-state index contributed by atoms with van der Waals surface area (Å²) in [5.74, 6) is -0.396. The van der Waals surface area contributed by atoms with E-state index in [9.17, 15) is 23.1 Å². The van der Waals surface area contributed by atoms with Gasteiger partial charge in [0.15, 0.2) is 0 Å². The van der Waals surface area contributed by atoms with Crippen LogP contribution in [-0.4, -0.2) is 32.1 Å². The third-order valence-corrected chi connectivity index (χ3v) is 7.05. The molecule has 1 aromatic carbocycles. The predicted octanol–water partition coefficient (Wildman–Crippen LogP) is 5.75. The summed E-state index contributed by atoms with van der Waals surface area (Å²) in [6, 6.07) is 6.30. The van der Waals surface area contributed by atoms with Crippen LogP contribution in [0.5, 0.6) is 0 Å². The molecule has 3 aromatic rings. The molecule has 0 aliphatic heterocycles. The van der Waals surface area contributed by atoms with Crippen molar-refractivity contribution in [2.24, 2.45) is 0 Å². The van der Waals surface area contributed by atoms with Crippen LogP contribution in [0.15, 0.2) is 36.7 Å². The number of hydrogen-bond acceptors (Lipinski definition) is 8. The molecule has 0 spiro atoms. The molecule has 2 aromatic heterocycles. The first kappa shape index (κ1) is 25.1. The molecular formula is C24H25F3N4O3S. The molecular weight excluding hydrogens is 481 g/mol. The molecule has 0 bridgehead atoms. The molecule has 4 rings (SSSR count). The number of nitrogens with zero attached hydrogens (tertiary/aromatic N) is 3. The van der Waals surface area contributed by atoms with Gasteiger partial charge in [-0.25, -0.2) is 15.0 Å². The van der Waals surface area contributed by atoms with Crippen LogP contribution in [0.1, 0.15) is 55.3 Å². The summed E-state index contributed by atoms with van der Waals surface area (Å²) >= 11 is 1.36. The van der Waals surface area contributed by atoms with Crippen LogP contribution in [0.2, 0.25) is 0 Å². The molecule has 1 aliphatic carbocycles. The number of rotatable bonds is 6. The Labute approximate surface area is 204 Å². The zero-order valence-corrected chi connectivity index (χ0v) is 20.0. The number of hydrogen-bond donors (Lipinski definition) is 2. The fourth-order valence-electron chi connectivity index (χ4n) is 4.00. The van der Waals surface area contributed by atoms with Crippen molar-refractivity contribution >= 4 is 28.9 Å². The quantitative estimate of drug-likeness (QED) is 0.411. The second-order valence-corrected chi connectivity index (χ2v) is 9.61. The van der Waals surface area contributed by atoms with Gasteiger partial charge in [0.05, 0.1) is 4.88 Å². The van der Waals surface area contributed by atoms with E-state index >= 15 is 0 Å². The normalized spacial score (nSPS) is 20.5. The molecule has 1 aliphatic rings. The van der Waals surface area contributed by atoms with Gasteiger partial charge in [-0.2, -0.15) is 13.2 Å². The number of anilines is 2. The maximum Gasteiger partial charge on any atom is 0.433 e. The minimum atomic E-state index is -4.56. The van der Waals surface area contributed by atoms with Gasteiger partial charge in [0.2, 0.25) is 5.95 Å². The zero-order chi connectivity index (χ0) is 25.2. The van der Waals surface area contributed by atoms with Crippen LogP contribution in [-0.2, 0) is 21.3 Å². The average Bonchev–Trinajstić information content (AvgIpc) is 3.31. The van der Waals surface area contributed by atoms with Gasteiger partial charge < -0.3 is 15.2 Å². The number of aliphatic hydroxyl groups is 1. The summed E-state index contributed by atoms with van der Waals surface area (Å²) in [6.07, 6.45) is 0.315. The molecule has 0 unspecified atom stereocenters. The number of halogens is 3. The van der Waals surface area contributed by atoms with E-state index < -0.39 is 17.5 Å². The lowest BCUT2D eigenvalue weighted by atomic mass is 9.84. The van der Waals surface area contributed by atoms with Crippen molar-refractivity contribution in [3.05, 3.63) is 52.9 Å². The lowest BCUT2D eigenvalue weighted by Gasteiger charge is -2.34. The summed E-state index contributed by atoms with van der Waals surface area (Å²) in [5.41, 5.74) is 0.101. The van der Waals surface area contributed by atoms with Crippen LogP contribution in [0.4, 0.5) is 24.8 Å². The van der Waals surface area contributed by atoms with E-state index in [0.717, 1.165) is 28.3 Å². The van der Waals surface area contributed by atoms with Crippen LogP contribution in [0, 0.1) is 6.92 Å². The Morgan fingerprint density at radius 1 is 1.26 bits per heavy atom. The lowest BCUT2D eigenvalue weighted by Crippen LogP contribution is -2.35. The summed E-state index contributed by atoms with van der Waals surface area (Å²) in [6.45, 7) is 3.62. The molecule has 35 heavy (non-hydrogen) atoms. The minimum Gasteiger partial charge on any atom is -0.462 e. The molecule has 0 saturated heterocycles. The Hall–Kier alpha value is -3.05. The van der Waals surface area contributed by atoms with Crippen molar-refractivity contribution in [3.63, 3.8) is 0 Å². The van der Waals surface area contributed by atoms with Gasteiger partial charge in [0.25, 0.3) is 0 Å². The maximum absolute atomic E-state index is 13.0. The molecule has 0 amide bonds. The van der Waals surface area contributed by atoms with Crippen molar-refractivity contribution in [1.29, 1.82) is 0 Å². The zero-order valence-electron chi connectivity index (χ0n) is 19.2. The Bertz CT molecular complexity index is 1210. The van der Waals surface area contributed by atoms with E-state index in [1.807, 2.05) is 13.0 Å². The summed E-state index contributed by atoms with van der Waals surface area (Å²) in [4.78, 5) is 24.3. The molecule has 2 heterocycles. The third kappa shape index (κ3) is 5.96. The number of thiazole rings is 1. The second-order valence-electron chi connectivity index (χ2n) is 8.58. The number of ether oxygens (including phenoxy) is 1. The van der Waals surface area contributed by atoms with Gasteiger partial charge in [-0.3, -0.25) is 4.79 Å². The van der Waals surface area contributed by atoms with E-state index in [1.54, 1.807) is 25.3 Å². The Kier molecular flexibility index (Phi) is 7.09. The first-order valence-corrected chi connectivity index (χ1v) is 12.0. The van der Waals surface area contributed by atoms with Gasteiger partial charge in [0, 0.05) is 24.5 Å². The van der Waals surface area contributed by atoms with Gasteiger partial charge >= 0.3 is 12.1 Å². The maximum atomic E-state index is 13.0. The highest BCUT2D eigenvalue weighted by Crippen LogP contribution is 2.42. The van der Waals surface area contributed by atoms with Crippen molar-refractivity contribution < 1.29 is 27.8 Å². The van der Waals surface area contributed by atoms with Crippen LogP contribution < -0.4 is 5.32 Å². The van der Waals surface area contributed by atoms with Crippen molar-refractivity contribution in [2.75, 3.05) is 5.32 Å². The van der Waals surface area contributed by atoms with E-state index in [-0.39, 0.29) is 18.0 Å². The average molecular weight is 507 g/mol. The number of alkyl halides is 3. The SMILES string of the molecule is CCC(=O)OC1CCC(O)(c2ncc(-c3cc(C)cc(Nc4nccc(C(F)(F)F)n4)c3)s2)CC1. The molecule has 0 atom stereocenters. The number of aromatic nitrogens is 3. The third-order valence-electron chi connectivity index (χ3n) is 5.81. The van der Waals surface area contributed by atoms with E-state index in [0.29, 0.717) is 42.8 Å². The predicted molar refractivity (Wildman–Crippen MR) is 125 cm³/mol. The lowest BCUT2D eigenvalue weighted by molar-refractivity contribution is -0.153. The van der Waals surface area contributed by atoms with Gasteiger partial charge in [0.1, 0.15) is 22.4 Å². The fourth-order valence-corrected chi connectivity index (χ4v) is 5.04. The van der Waals surface area contributed by atoms with Crippen molar-refractivity contribution in [1.82, 2.24) is 15.0 Å². The topological polar surface area (TPSA) is 97.2 Å². The number of aryl methyl sites for hydroxylation is 1. The number of nitrogens with one attached hydrogen (secondary N) is 1. The standard InChI is InChI=1S/C24H25F3N4O3S/c1-3-20(32)34-17-4-7-23(33,8-5-17)21-29-13-18(35-21)15-10-14(2)11-16(12-15)30-22-28-9-6-19(31-22)24(25,26)27/h6,9-13,17,33H,3-5,7-8H2,1-2H3,(H,28,30,31). The Morgan fingerprint density at radius 3 is 2.69 bits per heavy atom. The highest BCUT2D eigenvalue weighted by atomic mass is 32.1. The molecule has 7 nitrogen and oxygen atoms in total. The van der Waals surface area contributed by atoms with Crippen LogP contribution in [0.25, 0.3) is 10.4 Å². The highest BCUT2D eigenvalue weighted by Gasteiger charge is 2.38. The second kappa shape index (κ2) is 9.90. The smallest absolute Gasteiger partial charge is 0.433 e. The summed E-state index contributed by atoms with van der Waals surface area (Å²) in [5, 5.41) is 14.6. The van der Waals surface area contributed by atoms with Gasteiger partial charge in [-0.1, -0.05) is 13.0 Å². The molecule has 186 valence electrons. The van der Waals surface area contributed by atoms with E-state index in [1.165, 1.54) is 11.3 Å². The molecule has 1 saturated carbocycles. The highest BCUT2D eigenvalue weighted by molar-refractivity contribution is 7.15. The van der Waals surface area contributed by atoms with Crippen LogP contribution >= 0.6 is 11.3 Å². The van der Waals surface area contributed by atoms with E-state index in [4.69, 9.17) is 4.74 Å². The van der Waals surface area contributed by atoms with Gasteiger partial charge in [-0.05, 0) is 61.9 Å². The fraction of sp³-hybridized carbons (Fsp3) is 0.417. The first-order chi connectivity index (χ1) is 16.6. The number of carbonyl (C=O) groups is 1. The summed E-state index contributed by atoms with van der Waals surface area (Å²) < 4.78 is 44.3. The number of esters is 1. The minimum absolute atomic E-state index is 0.156. The molecule has 0 radical (unpaired) electrons. The molecule has 1 fully saturated rings. The molecule has 2 N–H and O–H groups in total. The Balaban J connectivity index is 1.50. The van der Waals surface area contributed by atoms with E-state index in [2.05, 4.69) is 20.3 Å². The largest absolute Gasteiger partial charge is 0.462 e. The van der Waals surface area contributed by atoms with Crippen LogP contribution in [0.3, 0.4) is 0 Å². The van der Waals surface area contributed by atoms with Crippen molar-refractivity contribution in [2.45, 2.75) is 63.8 Å². The first-order valence-electron chi connectivity index (χ1n) is 11.2. The monoisotopic (exact) mass is 506 g/mol. The molecule has 11 heteroatoms. The Morgan fingerprint density at radius 2 is 2.00 bits per heavy atom. The van der Waals surface area contributed by atoms with Crippen molar-refractivity contribution in [3.8, 4) is 10.4 Å².